The van der Waals surface area contributed by atoms with Crippen LogP contribution in [0.2, 0.25) is 0 Å². The van der Waals surface area contributed by atoms with Gasteiger partial charge in [-0.05, 0) is 32.6 Å². The SMILES string of the molecule is CCn1ccnc1[C@H]1CCCN(S(=O)(=O)N2CCC(OC)CC2)C1. The Kier molecular flexibility index (Phi) is 5.59. The molecule has 136 valence electrons. The predicted molar refractivity (Wildman–Crippen MR) is 92.0 cm³/mol. The molecule has 0 spiro atoms. The van der Waals surface area contributed by atoms with Crippen LogP contribution in [0.25, 0.3) is 0 Å². The van der Waals surface area contributed by atoms with Crippen molar-refractivity contribution in [1.29, 1.82) is 0 Å². The summed E-state index contributed by atoms with van der Waals surface area (Å²) >= 11 is 0. The average molecular weight is 356 g/mol. The lowest BCUT2D eigenvalue weighted by atomic mass is 9.99. The van der Waals surface area contributed by atoms with E-state index < -0.39 is 10.2 Å². The van der Waals surface area contributed by atoms with Crippen molar-refractivity contribution >= 4 is 10.2 Å². The van der Waals surface area contributed by atoms with Crippen LogP contribution >= 0.6 is 0 Å². The molecule has 2 fully saturated rings. The fourth-order valence-corrected chi connectivity index (χ4v) is 5.50. The molecule has 1 atom stereocenters. The van der Waals surface area contributed by atoms with Crippen molar-refractivity contribution < 1.29 is 13.2 Å². The van der Waals surface area contributed by atoms with Crippen LogP contribution in [-0.4, -0.2) is 66.0 Å². The zero-order valence-electron chi connectivity index (χ0n) is 14.6. The van der Waals surface area contributed by atoms with Gasteiger partial charge in [-0.15, -0.1) is 0 Å². The van der Waals surface area contributed by atoms with E-state index in [1.54, 1.807) is 15.7 Å². The standard InChI is InChI=1S/C16H28N4O3S/c1-3-18-12-8-17-16(18)14-5-4-9-20(13-14)24(21,22)19-10-6-15(23-2)7-11-19/h8,12,14-15H,3-7,9-11,13H2,1-2H3/t14-/m0/s1. The fraction of sp³-hybridized carbons (Fsp3) is 0.812. The molecule has 2 aliphatic rings. The molecule has 1 aromatic heterocycles. The number of piperidine rings is 2. The van der Waals surface area contributed by atoms with E-state index in [1.807, 2.05) is 12.4 Å². The minimum Gasteiger partial charge on any atom is -0.381 e. The third-order valence-electron chi connectivity index (χ3n) is 5.22. The zero-order valence-corrected chi connectivity index (χ0v) is 15.4. The van der Waals surface area contributed by atoms with Gasteiger partial charge in [-0.1, -0.05) is 0 Å². The summed E-state index contributed by atoms with van der Waals surface area (Å²) in [5.41, 5.74) is 0. The molecule has 0 N–H and O–H groups in total. The number of hydrogen-bond acceptors (Lipinski definition) is 4. The van der Waals surface area contributed by atoms with E-state index in [0.29, 0.717) is 26.2 Å². The molecule has 0 aromatic carbocycles. The van der Waals surface area contributed by atoms with Crippen molar-refractivity contribution in [1.82, 2.24) is 18.2 Å². The molecule has 0 radical (unpaired) electrons. The predicted octanol–water partition coefficient (Wildman–Crippen LogP) is 1.44. The maximum atomic E-state index is 13.0. The quantitative estimate of drug-likeness (QED) is 0.801. The van der Waals surface area contributed by atoms with Gasteiger partial charge in [0.25, 0.3) is 10.2 Å². The lowest BCUT2D eigenvalue weighted by Gasteiger charge is -2.37. The second kappa shape index (κ2) is 7.51. The van der Waals surface area contributed by atoms with E-state index in [4.69, 9.17) is 4.74 Å². The fourth-order valence-electron chi connectivity index (χ4n) is 3.77. The molecule has 3 heterocycles. The first kappa shape index (κ1) is 17.8. The highest BCUT2D eigenvalue weighted by atomic mass is 32.2. The number of imidazole rings is 1. The summed E-state index contributed by atoms with van der Waals surface area (Å²) in [5, 5.41) is 0. The van der Waals surface area contributed by atoms with Crippen molar-refractivity contribution in [2.45, 2.75) is 51.2 Å². The second-order valence-corrected chi connectivity index (χ2v) is 8.54. The Hall–Kier alpha value is -0.960. The first-order valence-corrected chi connectivity index (χ1v) is 10.2. The van der Waals surface area contributed by atoms with Gasteiger partial charge in [0.2, 0.25) is 0 Å². The molecule has 0 amide bonds. The van der Waals surface area contributed by atoms with Crippen LogP contribution in [0.4, 0.5) is 0 Å². The Morgan fingerprint density at radius 1 is 1.21 bits per heavy atom. The first-order chi connectivity index (χ1) is 11.6. The summed E-state index contributed by atoms with van der Waals surface area (Å²) < 4.78 is 36.7. The number of aromatic nitrogens is 2. The van der Waals surface area contributed by atoms with Gasteiger partial charge in [-0.25, -0.2) is 4.98 Å². The molecule has 0 bridgehead atoms. The van der Waals surface area contributed by atoms with Gasteiger partial charge in [-0.2, -0.15) is 17.0 Å². The maximum absolute atomic E-state index is 13.0. The van der Waals surface area contributed by atoms with E-state index in [9.17, 15) is 8.42 Å². The molecule has 0 saturated carbocycles. The van der Waals surface area contributed by atoms with Gasteiger partial charge in [0.05, 0.1) is 6.10 Å². The molecule has 0 unspecified atom stereocenters. The van der Waals surface area contributed by atoms with Crippen LogP contribution in [0, 0.1) is 0 Å². The Morgan fingerprint density at radius 3 is 2.62 bits per heavy atom. The minimum absolute atomic E-state index is 0.181. The number of ether oxygens (including phenoxy) is 1. The number of rotatable bonds is 5. The average Bonchev–Trinajstić information content (AvgIpc) is 3.10. The van der Waals surface area contributed by atoms with E-state index >= 15 is 0 Å². The van der Waals surface area contributed by atoms with Gasteiger partial charge in [0.1, 0.15) is 5.82 Å². The van der Waals surface area contributed by atoms with E-state index in [-0.39, 0.29) is 12.0 Å². The molecular formula is C16H28N4O3S. The van der Waals surface area contributed by atoms with Crippen molar-refractivity contribution in [2.24, 2.45) is 0 Å². The maximum Gasteiger partial charge on any atom is 0.281 e. The highest BCUT2D eigenvalue weighted by molar-refractivity contribution is 7.86. The zero-order chi connectivity index (χ0) is 17.2. The summed E-state index contributed by atoms with van der Waals surface area (Å²) in [4.78, 5) is 4.47. The molecule has 3 rings (SSSR count). The monoisotopic (exact) mass is 356 g/mol. The topological polar surface area (TPSA) is 67.7 Å². The van der Waals surface area contributed by atoms with Gasteiger partial charge in [0.15, 0.2) is 0 Å². The van der Waals surface area contributed by atoms with Crippen LogP contribution in [0.3, 0.4) is 0 Å². The van der Waals surface area contributed by atoms with Crippen molar-refractivity contribution in [2.75, 3.05) is 33.3 Å². The number of methoxy groups -OCH3 is 1. The lowest BCUT2D eigenvalue weighted by Crippen LogP contribution is -2.50. The first-order valence-electron chi connectivity index (χ1n) is 8.85. The minimum atomic E-state index is -3.39. The molecular weight excluding hydrogens is 328 g/mol. The van der Waals surface area contributed by atoms with E-state index in [2.05, 4.69) is 16.5 Å². The molecule has 7 nitrogen and oxygen atoms in total. The van der Waals surface area contributed by atoms with Crippen LogP contribution < -0.4 is 0 Å². The second-order valence-electron chi connectivity index (χ2n) is 6.61. The summed E-state index contributed by atoms with van der Waals surface area (Å²) in [6.45, 7) is 5.18. The Bertz CT molecular complexity index is 638. The smallest absolute Gasteiger partial charge is 0.281 e. The third kappa shape index (κ3) is 3.51. The normalized spacial score (nSPS) is 25.2. The number of nitrogens with zero attached hydrogens (tertiary/aromatic N) is 4. The lowest BCUT2D eigenvalue weighted by molar-refractivity contribution is 0.0588. The Labute approximate surface area is 144 Å². The van der Waals surface area contributed by atoms with Gasteiger partial charge < -0.3 is 9.30 Å². The molecule has 2 saturated heterocycles. The highest BCUT2D eigenvalue weighted by Gasteiger charge is 2.36. The molecule has 1 aromatic rings. The molecule has 2 aliphatic heterocycles. The third-order valence-corrected chi connectivity index (χ3v) is 7.23. The van der Waals surface area contributed by atoms with Crippen molar-refractivity contribution in [3.05, 3.63) is 18.2 Å². The van der Waals surface area contributed by atoms with E-state index in [0.717, 1.165) is 38.1 Å². The number of aryl methyl sites for hydroxylation is 1. The molecule has 8 heteroatoms. The van der Waals surface area contributed by atoms with Gasteiger partial charge in [0, 0.05) is 58.1 Å². The van der Waals surface area contributed by atoms with Crippen LogP contribution in [0.5, 0.6) is 0 Å². The summed E-state index contributed by atoms with van der Waals surface area (Å²) in [5.74, 6) is 1.19. The number of hydrogen-bond donors (Lipinski definition) is 0. The summed E-state index contributed by atoms with van der Waals surface area (Å²) in [6, 6.07) is 0. The van der Waals surface area contributed by atoms with Crippen LogP contribution in [0.1, 0.15) is 44.3 Å². The van der Waals surface area contributed by atoms with Crippen LogP contribution in [-0.2, 0) is 21.5 Å². The summed E-state index contributed by atoms with van der Waals surface area (Å²) in [6.07, 6.45) is 7.38. The summed E-state index contributed by atoms with van der Waals surface area (Å²) in [7, 11) is -1.69. The Balaban J connectivity index is 1.70. The van der Waals surface area contributed by atoms with Gasteiger partial charge in [-0.3, -0.25) is 0 Å². The van der Waals surface area contributed by atoms with Gasteiger partial charge >= 0.3 is 0 Å². The van der Waals surface area contributed by atoms with Crippen molar-refractivity contribution in [3.8, 4) is 0 Å². The molecule has 0 aliphatic carbocycles. The Morgan fingerprint density at radius 2 is 1.96 bits per heavy atom. The highest BCUT2D eigenvalue weighted by Crippen LogP contribution is 2.29. The largest absolute Gasteiger partial charge is 0.381 e. The van der Waals surface area contributed by atoms with E-state index in [1.165, 1.54) is 0 Å². The van der Waals surface area contributed by atoms with Crippen molar-refractivity contribution in [3.63, 3.8) is 0 Å². The molecule has 24 heavy (non-hydrogen) atoms. The van der Waals surface area contributed by atoms with Crippen LogP contribution in [0.15, 0.2) is 12.4 Å².